The van der Waals surface area contributed by atoms with E-state index in [4.69, 9.17) is 4.74 Å². The molecule has 3 aliphatic rings. The zero-order valence-electron chi connectivity index (χ0n) is 18.3. The van der Waals surface area contributed by atoms with Crippen LogP contribution in [-0.4, -0.2) is 52.7 Å². The van der Waals surface area contributed by atoms with Crippen molar-refractivity contribution in [2.24, 2.45) is 5.92 Å². The predicted octanol–water partition coefficient (Wildman–Crippen LogP) is 3.54. The number of hydrogen-bond donors (Lipinski definition) is 2. The van der Waals surface area contributed by atoms with Gasteiger partial charge in [0.2, 0.25) is 5.91 Å². The van der Waals surface area contributed by atoms with Crippen molar-refractivity contribution in [1.82, 2.24) is 10.2 Å². The second-order valence-electron chi connectivity index (χ2n) is 8.94. The SMILES string of the molecule is C[C@@H]1C=CC2CC[C@@H](C(=O)O)N2C(=O)[C@H]1NC(=O)OCC1c2ccccc2-c2ccccc21. The average molecular weight is 447 g/mol. The highest BCUT2D eigenvalue weighted by Gasteiger charge is 2.45. The maximum absolute atomic E-state index is 13.2. The molecule has 2 aromatic carbocycles. The minimum atomic E-state index is -1.02. The van der Waals surface area contributed by atoms with Crippen LogP contribution >= 0.6 is 0 Å². The lowest BCUT2D eigenvalue weighted by molar-refractivity contribution is -0.150. The Morgan fingerprint density at radius 2 is 1.67 bits per heavy atom. The van der Waals surface area contributed by atoms with Crippen LogP contribution in [0.25, 0.3) is 11.1 Å². The van der Waals surface area contributed by atoms with Crippen molar-refractivity contribution in [3.8, 4) is 11.1 Å². The largest absolute Gasteiger partial charge is 0.480 e. The maximum Gasteiger partial charge on any atom is 0.407 e. The molecule has 2 aliphatic heterocycles. The Morgan fingerprint density at radius 3 is 2.30 bits per heavy atom. The van der Waals surface area contributed by atoms with E-state index >= 15 is 0 Å². The summed E-state index contributed by atoms with van der Waals surface area (Å²) < 4.78 is 5.60. The number of carboxylic acids is 1. The van der Waals surface area contributed by atoms with Gasteiger partial charge in [-0.05, 0) is 35.1 Å². The number of alkyl carbamates (subject to hydrolysis) is 1. The number of fused-ring (bicyclic) bond motifs is 4. The first kappa shape index (κ1) is 21.2. The van der Waals surface area contributed by atoms with Gasteiger partial charge in [0.05, 0.1) is 6.04 Å². The lowest BCUT2D eigenvalue weighted by Gasteiger charge is -2.30. The highest BCUT2D eigenvalue weighted by molar-refractivity contribution is 5.91. The van der Waals surface area contributed by atoms with Gasteiger partial charge < -0.3 is 20.1 Å². The highest BCUT2D eigenvalue weighted by atomic mass is 16.5. The van der Waals surface area contributed by atoms with Crippen molar-refractivity contribution in [3.05, 3.63) is 71.8 Å². The number of ether oxygens (including phenoxy) is 1. The highest BCUT2D eigenvalue weighted by Crippen LogP contribution is 2.44. The van der Waals surface area contributed by atoms with Gasteiger partial charge in [-0.1, -0.05) is 67.6 Å². The number of amides is 2. The zero-order valence-corrected chi connectivity index (χ0v) is 18.3. The van der Waals surface area contributed by atoms with E-state index in [2.05, 4.69) is 17.4 Å². The van der Waals surface area contributed by atoms with E-state index < -0.39 is 24.1 Å². The van der Waals surface area contributed by atoms with Crippen molar-refractivity contribution in [3.63, 3.8) is 0 Å². The predicted molar refractivity (Wildman–Crippen MR) is 122 cm³/mol. The first-order valence-electron chi connectivity index (χ1n) is 11.3. The lowest BCUT2D eigenvalue weighted by atomic mass is 9.98. The van der Waals surface area contributed by atoms with Gasteiger partial charge in [0.15, 0.2) is 0 Å². The zero-order chi connectivity index (χ0) is 23.1. The Hall–Kier alpha value is -3.61. The third-order valence-electron chi connectivity index (χ3n) is 7.01. The van der Waals surface area contributed by atoms with Gasteiger partial charge in [0.25, 0.3) is 0 Å². The molecule has 0 aromatic heterocycles. The number of nitrogens with zero attached hydrogens (tertiary/aromatic N) is 1. The Kier molecular flexibility index (Phi) is 5.40. The van der Waals surface area contributed by atoms with Gasteiger partial charge in [-0.2, -0.15) is 0 Å². The fraction of sp³-hybridized carbons (Fsp3) is 0.346. The normalized spacial score (nSPS) is 25.7. The Balaban J connectivity index is 1.30. The van der Waals surface area contributed by atoms with Crippen LogP contribution in [-0.2, 0) is 14.3 Å². The molecule has 2 amide bonds. The lowest BCUT2D eigenvalue weighted by Crippen LogP contribution is -2.54. The minimum absolute atomic E-state index is 0.0790. The van der Waals surface area contributed by atoms with Crippen molar-refractivity contribution in [1.29, 1.82) is 0 Å². The monoisotopic (exact) mass is 446 g/mol. The van der Waals surface area contributed by atoms with Gasteiger partial charge >= 0.3 is 12.1 Å². The summed E-state index contributed by atoms with van der Waals surface area (Å²) in [6, 6.07) is 14.2. The van der Waals surface area contributed by atoms with Crippen LogP contribution in [0, 0.1) is 5.92 Å². The molecular formula is C26H26N2O5. The number of aliphatic carboxylic acids is 1. The third-order valence-corrected chi connectivity index (χ3v) is 7.01. The molecule has 2 N–H and O–H groups in total. The molecule has 0 radical (unpaired) electrons. The molecule has 1 unspecified atom stereocenters. The van der Waals surface area contributed by atoms with Gasteiger partial charge in [-0.15, -0.1) is 0 Å². The van der Waals surface area contributed by atoms with Crippen LogP contribution in [0.3, 0.4) is 0 Å². The molecule has 1 fully saturated rings. The summed E-state index contributed by atoms with van der Waals surface area (Å²) in [6.45, 7) is 1.98. The summed E-state index contributed by atoms with van der Waals surface area (Å²) in [5.41, 5.74) is 4.49. The van der Waals surface area contributed by atoms with Gasteiger partial charge in [0, 0.05) is 11.8 Å². The average Bonchev–Trinajstić information content (AvgIpc) is 3.36. The molecule has 170 valence electrons. The smallest absolute Gasteiger partial charge is 0.407 e. The molecule has 2 heterocycles. The summed E-state index contributed by atoms with van der Waals surface area (Å²) in [6.07, 6.45) is 4.08. The summed E-state index contributed by atoms with van der Waals surface area (Å²) in [5.74, 6) is -1.76. The van der Waals surface area contributed by atoms with Gasteiger partial charge in [-0.25, -0.2) is 9.59 Å². The van der Waals surface area contributed by atoms with Crippen molar-refractivity contribution >= 4 is 18.0 Å². The van der Waals surface area contributed by atoms with Crippen LogP contribution in [0.2, 0.25) is 0 Å². The first-order chi connectivity index (χ1) is 16.0. The Morgan fingerprint density at radius 1 is 1.03 bits per heavy atom. The molecule has 7 nitrogen and oxygen atoms in total. The molecule has 0 spiro atoms. The second kappa shape index (κ2) is 8.39. The van der Waals surface area contributed by atoms with E-state index in [9.17, 15) is 19.5 Å². The number of nitrogens with one attached hydrogen (secondary N) is 1. The number of hydrogen-bond acceptors (Lipinski definition) is 4. The van der Waals surface area contributed by atoms with Crippen molar-refractivity contribution in [2.75, 3.05) is 6.61 Å². The van der Waals surface area contributed by atoms with Crippen LogP contribution in [0.15, 0.2) is 60.7 Å². The van der Waals surface area contributed by atoms with Crippen molar-refractivity contribution < 1.29 is 24.2 Å². The van der Waals surface area contributed by atoms with Crippen LogP contribution < -0.4 is 5.32 Å². The fourth-order valence-corrected chi connectivity index (χ4v) is 5.35. The molecule has 7 heteroatoms. The number of benzene rings is 2. The standard InChI is InChI=1S/C26H26N2O5/c1-15-10-11-16-12-13-22(25(30)31)28(16)24(29)23(15)27-26(32)33-14-21-19-8-4-2-6-17(19)18-7-3-5-9-20(18)21/h2-11,15-16,21-23H,12-14H2,1H3,(H,27,32)(H,30,31)/t15-,16?,22+,23+/m1/s1. The molecule has 0 bridgehead atoms. The van der Waals surface area contributed by atoms with Gasteiger partial charge in [-0.3, -0.25) is 4.79 Å². The van der Waals surface area contributed by atoms with E-state index in [1.54, 1.807) is 0 Å². The fourth-order valence-electron chi connectivity index (χ4n) is 5.35. The van der Waals surface area contributed by atoms with E-state index in [0.29, 0.717) is 12.8 Å². The third kappa shape index (κ3) is 3.67. The Labute approximate surface area is 192 Å². The summed E-state index contributed by atoms with van der Waals surface area (Å²) in [4.78, 5) is 39.0. The number of carbonyl (C=O) groups excluding carboxylic acids is 2. The van der Waals surface area contributed by atoms with E-state index in [1.807, 2.05) is 55.5 Å². The van der Waals surface area contributed by atoms with Crippen LogP contribution in [0.1, 0.15) is 36.8 Å². The number of carboxylic acid groups (broad SMARTS) is 1. The summed E-state index contributed by atoms with van der Waals surface area (Å²) in [7, 11) is 0. The molecule has 5 rings (SSSR count). The maximum atomic E-state index is 13.2. The topological polar surface area (TPSA) is 95.9 Å². The quantitative estimate of drug-likeness (QED) is 0.701. The summed E-state index contributed by atoms with van der Waals surface area (Å²) in [5, 5.41) is 12.2. The molecule has 4 atom stereocenters. The van der Waals surface area contributed by atoms with Crippen LogP contribution in [0.4, 0.5) is 4.79 Å². The molecule has 33 heavy (non-hydrogen) atoms. The number of rotatable bonds is 4. The molecule has 1 aliphatic carbocycles. The minimum Gasteiger partial charge on any atom is -0.480 e. The molecule has 1 saturated heterocycles. The Bertz CT molecular complexity index is 1100. The summed E-state index contributed by atoms with van der Waals surface area (Å²) >= 11 is 0. The second-order valence-corrected chi connectivity index (χ2v) is 8.94. The first-order valence-corrected chi connectivity index (χ1v) is 11.3. The van der Waals surface area contributed by atoms with Crippen LogP contribution in [0.5, 0.6) is 0 Å². The van der Waals surface area contributed by atoms with E-state index in [0.717, 1.165) is 22.3 Å². The molecule has 2 aromatic rings. The molecule has 0 saturated carbocycles. The van der Waals surface area contributed by atoms with E-state index in [1.165, 1.54) is 4.90 Å². The molecular weight excluding hydrogens is 420 g/mol. The van der Waals surface area contributed by atoms with Gasteiger partial charge in [0.1, 0.15) is 18.7 Å². The number of carbonyl (C=O) groups is 3. The van der Waals surface area contributed by atoms with Crippen molar-refractivity contribution in [2.45, 2.75) is 43.8 Å². The van der Waals surface area contributed by atoms with E-state index in [-0.39, 0.29) is 30.4 Å².